The van der Waals surface area contributed by atoms with Crippen LogP contribution in [0.2, 0.25) is 0 Å². The molecule has 112 valence electrons. The molecule has 0 saturated heterocycles. The van der Waals surface area contributed by atoms with Gasteiger partial charge in [-0.3, -0.25) is 4.79 Å². The third-order valence-electron chi connectivity index (χ3n) is 3.09. The summed E-state index contributed by atoms with van der Waals surface area (Å²) in [7, 11) is 0. The number of hydrogen-bond donors (Lipinski definition) is 1. The second-order valence-electron chi connectivity index (χ2n) is 4.70. The lowest BCUT2D eigenvalue weighted by molar-refractivity contribution is 0.0332. The summed E-state index contributed by atoms with van der Waals surface area (Å²) in [4.78, 5) is 24.1. The minimum atomic E-state index is -0.408. The highest BCUT2D eigenvalue weighted by Crippen LogP contribution is 2.15. The van der Waals surface area contributed by atoms with Crippen LogP contribution >= 0.6 is 0 Å². The van der Waals surface area contributed by atoms with Crippen LogP contribution in [0.3, 0.4) is 0 Å². The van der Waals surface area contributed by atoms with Crippen LogP contribution in [-0.2, 0) is 4.74 Å². The molecule has 0 aliphatic carbocycles. The number of unbranched alkanes of at least 4 members (excludes halogenated alkanes) is 1. The Balaban J connectivity index is 0.00000361. The Labute approximate surface area is 121 Å². The van der Waals surface area contributed by atoms with Crippen molar-refractivity contribution in [2.24, 2.45) is 0 Å². The van der Waals surface area contributed by atoms with Gasteiger partial charge in [0.2, 0.25) is 0 Å². The van der Waals surface area contributed by atoms with Crippen LogP contribution in [0, 0.1) is 0 Å². The van der Waals surface area contributed by atoms with Gasteiger partial charge in [0.1, 0.15) is 0 Å². The van der Waals surface area contributed by atoms with Crippen molar-refractivity contribution < 1.29 is 14.3 Å². The molecular formula is C16H25NO3. The third kappa shape index (κ3) is 5.13. The Kier molecular flexibility index (Phi) is 8.48. The molecule has 0 aliphatic heterocycles. The van der Waals surface area contributed by atoms with Crippen molar-refractivity contribution in [2.75, 3.05) is 0 Å². The maximum atomic E-state index is 12.1. The van der Waals surface area contributed by atoms with E-state index >= 15 is 0 Å². The predicted octanol–water partition coefficient (Wildman–Crippen LogP) is 4.18. The normalized spacial score (nSPS) is 11.3. The second kappa shape index (κ2) is 9.26. The number of carbonyl (C=O) groups is 2. The minimum absolute atomic E-state index is 0. The predicted molar refractivity (Wildman–Crippen MR) is 80.5 cm³/mol. The Morgan fingerprint density at radius 3 is 2.30 bits per heavy atom. The van der Waals surface area contributed by atoms with E-state index in [1.54, 1.807) is 24.3 Å². The van der Waals surface area contributed by atoms with E-state index in [9.17, 15) is 9.59 Å². The summed E-state index contributed by atoms with van der Waals surface area (Å²) in [5, 5.41) is 0. The first-order valence-corrected chi connectivity index (χ1v) is 6.93. The zero-order chi connectivity index (χ0) is 14.3. The molecule has 1 atom stereocenters. The summed E-state index contributed by atoms with van der Waals surface area (Å²) < 4.78 is 5.29. The molecule has 4 nitrogen and oxygen atoms in total. The molecule has 0 fully saturated rings. The summed E-state index contributed by atoms with van der Waals surface area (Å²) in [5.41, 5.74) is 0.855. The van der Waals surface area contributed by atoms with Crippen LogP contribution in [-0.4, -0.2) is 17.9 Å². The van der Waals surface area contributed by atoms with E-state index in [0.29, 0.717) is 17.5 Å². The van der Waals surface area contributed by atoms with Crippen molar-refractivity contribution >= 4 is 11.8 Å². The maximum Gasteiger partial charge on any atom is 0.339 e. The fraction of sp³-hybridized carbons (Fsp3) is 0.500. The Bertz CT molecular complexity index is 443. The highest BCUT2D eigenvalue weighted by molar-refractivity contribution is 6.06. The van der Waals surface area contributed by atoms with Gasteiger partial charge in [0, 0.05) is 12.0 Å². The summed E-state index contributed by atoms with van der Waals surface area (Å²) in [6, 6.07) is 6.89. The number of carbonyl (C=O) groups excluding carboxylic acids is 2. The highest BCUT2D eigenvalue weighted by atomic mass is 16.5. The first-order chi connectivity index (χ1) is 9.10. The molecular weight excluding hydrogens is 254 g/mol. The van der Waals surface area contributed by atoms with Gasteiger partial charge in [-0.2, -0.15) is 0 Å². The molecule has 1 rings (SSSR count). The van der Waals surface area contributed by atoms with E-state index in [1.165, 1.54) is 0 Å². The van der Waals surface area contributed by atoms with Gasteiger partial charge >= 0.3 is 5.97 Å². The Morgan fingerprint density at radius 1 is 1.15 bits per heavy atom. The topological polar surface area (TPSA) is 78.4 Å². The molecule has 0 aromatic heterocycles. The van der Waals surface area contributed by atoms with Gasteiger partial charge in [0.05, 0.1) is 11.7 Å². The van der Waals surface area contributed by atoms with Crippen molar-refractivity contribution in [2.45, 2.75) is 52.6 Å². The van der Waals surface area contributed by atoms with Crippen molar-refractivity contribution in [3.05, 3.63) is 35.4 Å². The third-order valence-corrected chi connectivity index (χ3v) is 3.09. The molecule has 0 aliphatic rings. The zero-order valence-corrected chi connectivity index (χ0v) is 12.6. The fourth-order valence-corrected chi connectivity index (χ4v) is 1.71. The molecule has 0 radical (unpaired) electrons. The molecule has 1 unspecified atom stereocenters. The van der Waals surface area contributed by atoms with Crippen LogP contribution in [0.1, 0.15) is 67.2 Å². The van der Waals surface area contributed by atoms with Crippen molar-refractivity contribution in [1.82, 2.24) is 6.15 Å². The average Bonchev–Trinajstić information content (AvgIpc) is 2.44. The number of ether oxygens (including phenoxy) is 1. The van der Waals surface area contributed by atoms with E-state index in [1.807, 2.05) is 20.8 Å². The van der Waals surface area contributed by atoms with Crippen molar-refractivity contribution in [3.63, 3.8) is 0 Å². The van der Waals surface area contributed by atoms with Gasteiger partial charge in [0.15, 0.2) is 5.78 Å². The molecule has 20 heavy (non-hydrogen) atoms. The first-order valence-electron chi connectivity index (χ1n) is 6.93. The number of esters is 1. The largest absolute Gasteiger partial charge is 0.459 e. The molecule has 4 heteroatoms. The second-order valence-corrected chi connectivity index (χ2v) is 4.70. The SMILES string of the molecule is CCCCC(=O)c1ccccc1C(=O)OC(C)CC.N. The summed E-state index contributed by atoms with van der Waals surface area (Å²) in [6.07, 6.45) is 2.91. The van der Waals surface area contributed by atoms with E-state index < -0.39 is 5.97 Å². The lowest BCUT2D eigenvalue weighted by Crippen LogP contribution is -2.17. The van der Waals surface area contributed by atoms with E-state index in [2.05, 4.69) is 0 Å². The smallest absolute Gasteiger partial charge is 0.339 e. The van der Waals surface area contributed by atoms with Crippen LogP contribution in [0.15, 0.2) is 24.3 Å². The van der Waals surface area contributed by atoms with Crippen LogP contribution in [0.5, 0.6) is 0 Å². The van der Waals surface area contributed by atoms with Gasteiger partial charge < -0.3 is 10.9 Å². The molecule has 0 heterocycles. The number of Topliss-reactive ketones (excluding diaryl/α,β-unsaturated/α-hetero) is 1. The molecule has 1 aromatic carbocycles. The standard InChI is InChI=1S/C16H22O3.H3N/c1-4-6-11-15(17)13-9-7-8-10-14(13)16(18)19-12(3)5-2;/h7-10,12H,4-6,11H2,1-3H3;1H3. The van der Waals surface area contributed by atoms with Crippen molar-refractivity contribution in [3.8, 4) is 0 Å². The minimum Gasteiger partial charge on any atom is -0.459 e. The lowest BCUT2D eigenvalue weighted by Gasteiger charge is -2.13. The van der Waals surface area contributed by atoms with Gasteiger partial charge in [-0.15, -0.1) is 0 Å². The number of ketones is 1. The molecule has 0 saturated carbocycles. The molecule has 3 N–H and O–H groups in total. The van der Waals surface area contributed by atoms with Gasteiger partial charge in [-0.05, 0) is 25.8 Å². The Morgan fingerprint density at radius 2 is 1.75 bits per heavy atom. The van der Waals surface area contributed by atoms with E-state index in [0.717, 1.165) is 19.3 Å². The molecule has 0 spiro atoms. The Hall–Kier alpha value is -1.68. The summed E-state index contributed by atoms with van der Waals surface area (Å²) in [6.45, 7) is 5.84. The number of hydrogen-bond acceptors (Lipinski definition) is 4. The zero-order valence-electron chi connectivity index (χ0n) is 12.6. The van der Waals surface area contributed by atoms with Gasteiger partial charge in [-0.1, -0.05) is 38.5 Å². The van der Waals surface area contributed by atoms with E-state index in [4.69, 9.17) is 4.74 Å². The number of rotatable bonds is 7. The quantitative estimate of drug-likeness (QED) is 0.600. The van der Waals surface area contributed by atoms with Gasteiger partial charge in [-0.25, -0.2) is 4.79 Å². The molecule has 0 bridgehead atoms. The van der Waals surface area contributed by atoms with Crippen LogP contribution in [0.4, 0.5) is 0 Å². The first kappa shape index (κ1) is 18.3. The van der Waals surface area contributed by atoms with Crippen LogP contribution < -0.4 is 6.15 Å². The fourth-order valence-electron chi connectivity index (χ4n) is 1.71. The maximum absolute atomic E-state index is 12.1. The summed E-state index contributed by atoms with van der Waals surface area (Å²) >= 11 is 0. The van der Waals surface area contributed by atoms with Crippen LogP contribution in [0.25, 0.3) is 0 Å². The average molecular weight is 279 g/mol. The lowest BCUT2D eigenvalue weighted by atomic mass is 10.00. The van der Waals surface area contributed by atoms with Crippen molar-refractivity contribution in [1.29, 1.82) is 0 Å². The number of benzene rings is 1. The van der Waals surface area contributed by atoms with Gasteiger partial charge in [0.25, 0.3) is 0 Å². The van der Waals surface area contributed by atoms with E-state index in [-0.39, 0.29) is 18.0 Å². The summed E-state index contributed by atoms with van der Waals surface area (Å²) in [5.74, 6) is -0.395. The molecule has 1 aromatic rings. The highest BCUT2D eigenvalue weighted by Gasteiger charge is 2.18. The monoisotopic (exact) mass is 279 g/mol. The molecule has 0 amide bonds.